The highest BCUT2D eigenvalue weighted by Crippen LogP contribution is 2.24. The molecule has 4 rings (SSSR count). The molecule has 1 aliphatic rings. The van der Waals surface area contributed by atoms with E-state index in [1.165, 1.54) is 18.2 Å². The normalized spacial score (nSPS) is 14.2. The van der Waals surface area contributed by atoms with Gasteiger partial charge in [-0.1, -0.05) is 17.7 Å². The Morgan fingerprint density at radius 2 is 1.93 bits per heavy atom. The van der Waals surface area contributed by atoms with Crippen molar-refractivity contribution in [3.05, 3.63) is 58.7 Å². The van der Waals surface area contributed by atoms with E-state index in [0.29, 0.717) is 31.9 Å². The number of hydrogen-bond donors (Lipinski definition) is 1. The van der Waals surface area contributed by atoms with Gasteiger partial charge in [-0.25, -0.2) is 9.18 Å². The Hall–Kier alpha value is -2.71. The number of carbonyl (C=O) groups is 1. The maximum absolute atomic E-state index is 13.2. The molecule has 1 fully saturated rings. The summed E-state index contributed by atoms with van der Waals surface area (Å²) in [4.78, 5) is 17.3. The van der Waals surface area contributed by atoms with Crippen LogP contribution in [0.3, 0.4) is 0 Å². The average molecular weight is 418 g/mol. The van der Waals surface area contributed by atoms with Crippen LogP contribution >= 0.6 is 22.9 Å². The number of aromatic nitrogens is 2. The summed E-state index contributed by atoms with van der Waals surface area (Å²) in [5, 5.41) is 13.4. The lowest BCUT2D eigenvalue weighted by molar-refractivity contribution is 0.208. The minimum absolute atomic E-state index is 0.0211. The number of nitrogens with zero attached hydrogens (tertiary/aromatic N) is 4. The standard InChI is InChI=1S/C19H17ClFN5OS/c20-14-12-13(3-4-15(14)21)22-19(27)26-9-7-25(8-10-26)18-6-5-16(23-24-18)17-2-1-11-28-17/h1-6,11-12H,7-10H2,(H,22,27). The molecule has 0 spiro atoms. The molecule has 0 saturated carbocycles. The minimum Gasteiger partial charge on any atom is -0.352 e. The van der Waals surface area contributed by atoms with Crippen LogP contribution in [0.1, 0.15) is 0 Å². The Morgan fingerprint density at radius 3 is 2.57 bits per heavy atom. The Balaban J connectivity index is 1.33. The first-order valence-electron chi connectivity index (χ1n) is 8.74. The van der Waals surface area contributed by atoms with Crippen molar-refractivity contribution in [2.75, 3.05) is 36.4 Å². The molecule has 1 N–H and O–H groups in total. The molecule has 0 atom stereocenters. The number of nitrogens with one attached hydrogen (secondary N) is 1. The second kappa shape index (κ2) is 8.12. The molecule has 0 aliphatic carbocycles. The lowest BCUT2D eigenvalue weighted by Gasteiger charge is -2.35. The molecule has 1 aromatic carbocycles. The smallest absolute Gasteiger partial charge is 0.321 e. The van der Waals surface area contributed by atoms with E-state index in [-0.39, 0.29) is 11.1 Å². The molecule has 2 amide bonds. The summed E-state index contributed by atoms with van der Waals surface area (Å²) in [6.45, 7) is 2.42. The molecule has 3 heterocycles. The zero-order valence-electron chi connectivity index (χ0n) is 14.8. The van der Waals surface area contributed by atoms with Crippen molar-refractivity contribution >= 4 is 40.5 Å². The van der Waals surface area contributed by atoms with E-state index in [9.17, 15) is 9.18 Å². The quantitative estimate of drug-likeness (QED) is 0.688. The van der Waals surface area contributed by atoms with Gasteiger partial charge in [-0.05, 0) is 41.8 Å². The van der Waals surface area contributed by atoms with Crippen molar-refractivity contribution in [2.24, 2.45) is 0 Å². The van der Waals surface area contributed by atoms with E-state index in [4.69, 9.17) is 11.6 Å². The van der Waals surface area contributed by atoms with Crippen LogP contribution in [0.2, 0.25) is 5.02 Å². The highest BCUT2D eigenvalue weighted by Gasteiger charge is 2.22. The summed E-state index contributed by atoms with van der Waals surface area (Å²) in [6.07, 6.45) is 0. The van der Waals surface area contributed by atoms with Crippen LogP contribution in [-0.2, 0) is 0 Å². The number of carbonyl (C=O) groups excluding carboxylic acids is 1. The molecule has 1 aliphatic heterocycles. The highest BCUT2D eigenvalue weighted by molar-refractivity contribution is 7.13. The van der Waals surface area contributed by atoms with Gasteiger partial charge < -0.3 is 15.1 Å². The van der Waals surface area contributed by atoms with Gasteiger partial charge in [0.2, 0.25) is 0 Å². The Morgan fingerprint density at radius 1 is 1.11 bits per heavy atom. The van der Waals surface area contributed by atoms with E-state index in [0.717, 1.165) is 16.4 Å². The van der Waals surface area contributed by atoms with E-state index in [1.807, 2.05) is 29.6 Å². The lowest BCUT2D eigenvalue weighted by Crippen LogP contribution is -2.50. The van der Waals surface area contributed by atoms with Crippen molar-refractivity contribution in [3.63, 3.8) is 0 Å². The van der Waals surface area contributed by atoms with Crippen LogP contribution < -0.4 is 10.2 Å². The van der Waals surface area contributed by atoms with Crippen molar-refractivity contribution in [1.29, 1.82) is 0 Å². The maximum atomic E-state index is 13.2. The van der Waals surface area contributed by atoms with Gasteiger partial charge in [0.05, 0.1) is 9.90 Å². The first kappa shape index (κ1) is 18.6. The second-order valence-electron chi connectivity index (χ2n) is 6.29. The average Bonchev–Trinajstić information content (AvgIpc) is 3.26. The van der Waals surface area contributed by atoms with Gasteiger partial charge in [0.25, 0.3) is 0 Å². The fourth-order valence-electron chi connectivity index (χ4n) is 2.96. The number of hydrogen-bond acceptors (Lipinski definition) is 5. The first-order chi connectivity index (χ1) is 13.6. The Kier molecular flexibility index (Phi) is 5.40. The molecule has 2 aromatic heterocycles. The fourth-order valence-corrected chi connectivity index (χ4v) is 3.84. The number of urea groups is 1. The predicted octanol–water partition coefficient (Wildman–Crippen LogP) is 4.35. The van der Waals surface area contributed by atoms with Gasteiger partial charge in [0.15, 0.2) is 5.82 Å². The third-order valence-electron chi connectivity index (χ3n) is 4.49. The monoisotopic (exact) mass is 417 g/mol. The first-order valence-corrected chi connectivity index (χ1v) is 9.99. The predicted molar refractivity (Wildman–Crippen MR) is 110 cm³/mol. The van der Waals surface area contributed by atoms with E-state index in [2.05, 4.69) is 20.4 Å². The largest absolute Gasteiger partial charge is 0.352 e. The van der Waals surface area contributed by atoms with Gasteiger partial charge in [-0.3, -0.25) is 0 Å². The summed E-state index contributed by atoms with van der Waals surface area (Å²) in [5.74, 6) is 0.283. The van der Waals surface area contributed by atoms with E-state index < -0.39 is 5.82 Å². The highest BCUT2D eigenvalue weighted by atomic mass is 35.5. The van der Waals surface area contributed by atoms with Crippen LogP contribution in [0.25, 0.3) is 10.6 Å². The SMILES string of the molecule is O=C(Nc1ccc(F)c(Cl)c1)N1CCN(c2ccc(-c3cccs3)nn2)CC1. The zero-order chi connectivity index (χ0) is 19.5. The van der Waals surface area contributed by atoms with Gasteiger partial charge in [-0.2, -0.15) is 0 Å². The van der Waals surface area contributed by atoms with Gasteiger partial charge in [0, 0.05) is 31.9 Å². The number of thiophene rings is 1. The lowest BCUT2D eigenvalue weighted by atomic mass is 10.3. The molecular formula is C19H17ClFN5OS. The summed E-state index contributed by atoms with van der Waals surface area (Å²) in [5.41, 5.74) is 1.32. The molecule has 0 bridgehead atoms. The van der Waals surface area contributed by atoms with E-state index in [1.54, 1.807) is 16.2 Å². The molecule has 1 saturated heterocycles. The van der Waals surface area contributed by atoms with Crippen LogP contribution in [0, 0.1) is 5.82 Å². The molecule has 6 nitrogen and oxygen atoms in total. The molecule has 0 radical (unpaired) electrons. The Labute approximate surface area is 170 Å². The second-order valence-corrected chi connectivity index (χ2v) is 7.64. The molecule has 144 valence electrons. The van der Waals surface area contributed by atoms with Crippen molar-refractivity contribution in [1.82, 2.24) is 15.1 Å². The summed E-state index contributed by atoms with van der Waals surface area (Å²) in [6, 6.07) is 11.8. The van der Waals surface area contributed by atoms with Crippen molar-refractivity contribution in [2.45, 2.75) is 0 Å². The van der Waals surface area contributed by atoms with Crippen molar-refractivity contribution in [3.8, 4) is 10.6 Å². The number of amides is 2. The fraction of sp³-hybridized carbons (Fsp3) is 0.211. The van der Waals surface area contributed by atoms with Crippen molar-refractivity contribution < 1.29 is 9.18 Å². The number of anilines is 2. The van der Waals surface area contributed by atoms with Gasteiger partial charge in [-0.15, -0.1) is 21.5 Å². The number of halogens is 2. The van der Waals surface area contributed by atoms with Crippen LogP contribution in [-0.4, -0.2) is 47.3 Å². The molecular weight excluding hydrogens is 401 g/mol. The third-order valence-corrected chi connectivity index (χ3v) is 5.67. The molecule has 28 heavy (non-hydrogen) atoms. The third kappa shape index (κ3) is 4.07. The number of piperazine rings is 1. The topological polar surface area (TPSA) is 61.4 Å². The van der Waals surface area contributed by atoms with Crippen LogP contribution in [0.15, 0.2) is 47.8 Å². The summed E-state index contributed by atoms with van der Waals surface area (Å²) < 4.78 is 13.2. The Bertz CT molecular complexity index is 959. The maximum Gasteiger partial charge on any atom is 0.321 e. The zero-order valence-corrected chi connectivity index (χ0v) is 16.4. The van der Waals surface area contributed by atoms with E-state index >= 15 is 0 Å². The van der Waals surface area contributed by atoms with Gasteiger partial charge >= 0.3 is 6.03 Å². The number of rotatable bonds is 3. The minimum atomic E-state index is -0.514. The number of benzene rings is 1. The van der Waals surface area contributed by atoms with Gasteiger partial charge in [0.1, 0.15) is 11.5 Å². The molecule has 0 unspecified atom stereocenters. The van der Waals surface area contributed by atoms with Crippen LogP contribution in [0.4, 0.5) is 20.7 Å². The summed E-state index contributed by atoms with van der Waals surface area (Å²) in [7, 11) is 0. The molecule has 9 heteroatoms. The van der Waals surface area contributed by atoms with Crippen LogP contribution in [0.5, 0.6) is 0 Å². The molecule has 3 aromatic rings. The summed E-state index contributed by atoms with van der Waals surface area (Å²) >= 11 is 7.38.